The first kappa shape index (κ1) is 13.3. The van der Waals surface area contributed by atoms with E-state index in [4.69, 9.17) is 15.2 Å². The Morgan fingerprint density at radius 2 is 2.00 bits per heavy atom. The highest BCUT2D eigenvalue weighted by molar-refractivity contribution is 5.78. The molecular weight excluding hydrogens is 270 g/mol. The van der Waals surface area contributed by atoms with Crippen molar-refractivity contribution in [2.24, 2.45) is 0 Å². The fourth-order valence-corrected chi connectivity index (χ4v) is 2.03. The van der Waals surface area contributed by atoms with Gasteiger partial charge in [-0.05, 0) is 12.1 Å². The number of imidazole rings is 1. The van der Waals surface area contributed by atoms with E-state index in [0.717, 1.165) is 11.0 Å². The summed E-state index contributed by atoms with van der Waals surface area (Å²) in [4.78, 5) is 12.6. The van der Waals surface area contributed by atoms with Crippen LogP contribution in [0.1, 0.15) is 0 Å². The monoisotopic (exact) mass is 285 g/mol. The van der Waals surface area contributed by atoms with Gasteiger partial charge in [-0.2, -0.15) is 9.97 Å². The largest absolute Gasteiger partial charge is 0.462 e. The lowest BCUT2D eigenvalue weighted by Crippen LogP contribution is -2.09. The molecule has 0 aliphatic heterocycles. The number of hydrogen-bond donors (Lipinski definition) is 1. The Bertz CT molecular complexity index is 756. The average Bonchev–Trinajstić information content (AvgIpc) is 2.86. The number of methoxy groups -OCH3 is 1. The van der Waals surface area contributed by atoms with Gasteiger partial charge in [-0.3, -0.25) is 0 Å². The van der Waals surface area contributed by atoms with Crippen molar-refractivity contribution in [3.05, 3.63) is 36.5 Å². The van der Waals surface area contributed by atoms with Crippen LogP contribution in [0.5, 0.6) is 6.01 Å². The first-order valence-corrected chi connectivity index (χ1v) is 6.47. The quantitative estimate of drug-likeness (QED) is 0.713. The van der Waals surface area contributed by atoms with Crippen molar-refractivity contribution < 1.29 is 9.47 Å². The molecule has 0 unspecified atom stereocenters. The molecule has 7 nitrogen and oxygen atoms in total. The SMILES string of the molecule is COCCOc1nc2ccccc2n1-c1ccnc(N)n1. The number of ether oxygens (including phenoxy) is 2. The minimum absolute atomic E-state index is 0.202. The summed E-state index contributed by atoms with van der Waals surface area (Å²) in [5.41, 5.74) is 7.38. The summed E-state index contributed by atoms with van der Waals surface area (Å²) < 4.78 is 12.5. The van der Waals surface area contributed by atoms with Crippen molar-refractivity contribution in [1.29, 1.82) is 0 Å². The normalized spacial score (nSPS) is 10.9. The number of hydrogen-bond acceptors (Lipinski definition) is 6. The molecule has 0 bridgehead atoms. The van der Waals surface area contributed by atoms with Crippen molar-refractivity contribution in [3.8, 4) is 11.8 Å². The van der Waals surface area contributed by atoms with Crippen LogP contribution in [0.25, 0.3) is 16.9 Å². The number of fused-ring (bicyclic) bond motifs is 1. The number of rotatable bonds is 5. The number of anilines is 1. The van der Waals surface area contributed by atoms with Crippen LogP contribution in [0, 0.1) is 0 Å². The molecule has 0 radical (unpaired) electrons. The highest BCUT2D eigenvalue weighted by Crippen LogP contribution is 2.25. The molecule has 2 aromatic heterocycles. The summed E-state index contributed by atoms with van der Waals surface area (Å²) in [6.45, 7) is 0.884. The lowest BCUT2D eigenvalue weighted by molar-refractivity contribution is 0.140. The molecule has 2 heterocycles. The summed E-state index contributed by atoms with van der Waals surface area (Å²) in [6.07, 6.45) is 1.60. The first-order valence-electron chi connectivity index (χ1n) is 6.47. The summed E-state index contributed by atoms with van der Waals surface area (Å²) in [5.74, 6) is 0.816. The van der Waals surface area contributed by atoms with Crippen LogP contribution in [0.4, 0.5) is 5.95 Å². The van der Waals surface area contributed by atoms with E-state index in [2.05, 4.69) is 15.0 Å². The van der Waals surface area contributed by atoms with E-state index >= 15 is 0 Å². The van der Waals surface area contributed by atoms with E-state index in [1.807, 2.05) is 28.8 Å². The van der Waals surface area contributed by atoms with Gasteiger partial charge in [-0.15, -0.1) is 0 Å². The summed E-state index contributed by atoms with van der Waals surface area (Å²) in [5, 5.41) is 0. The van der Waals surface area contributed by atoms with Crippen molar-refractivity contribution in [1.82, 2.24) is 19.5 Å². The second kappa shape index (κ2) is 5.76. The Balaban J connectivity index is 2.11. The molecule has 0 aliphatic carbocycles. The molecule has 0 fully saturated rings. The van der Waals surface area contributed by atoms with Crippen LogP contribution in [-0.2, 0) is 4.74 Å². The Labute approximate surface area is 121 Å². The molecule has 7 heteroatoms. The van der Waals surface area contributed by atoms with Crippen LogP contribution in [0.15, 0.2) is 36.5 Å². The lowest BCUT2D eigenvalue weighted by atomic mass is 10.3. The van der Waals surface area contributed by atoms with Crippen LogP contribution < -0.4 is 10.5 Å². The van der Waals surface area contributed by atoms with Crippen molar-refractivity contribution >= 4 is 17.0 Å². The van der Waals surface area contributed by atoms with Gasteiger partial charge in [0, 0.05) is 19.4 Å². The van der Waals surface area contributed by atoms with E-state index in [9.17, 15) is 0 Å². The van der Waals surface area contributed by atoms with Gasteiger partial charge >= 0.3 is 6.01 Å². The molecule has 2 N–H and O–H groups in total. The maximum atomic E-state index is 5.68. The number of para-hydroxylation sites is 2. The Hall–Kier alpha value is -2.67. The van der Waals surface area contributed by atoms with Gasteiger partial charge < -0.3 is 15.2 Å². The highest BCUT2D eigenvalue weighted by Gasteiger charge is 2.14. The molecule has 3 rings (SSSR count). The lowest BCUT2D eigenvalue weighted by Gasteiger charge is -2.09. The standard InChI is InChI=1S/C14H15N5O2/c1-20-8-9-21-14-17-10-4-2-3-5-11(10)19(14)12-6-7-16-13(15)18-12/h2-7H,8-9H2,1H3,(H2,15,16,18). The van der Waals surface area contributed by atoms with Gasteiger partial charge in [0.15, 0.2) is 0 Å². The van der Waals surface area contributed by atoms with Gasteiger partial charge in [0.05, 0.1) is 17.6 Å². The van der Waals surface area contributed by atoms with Gasteiger partial charge in [-0.1, -0.05) is 12.1 Å². The van der Waals surface area contributed by atoms with Gasteiger partial charge in [0.2, 0.25) is 5.95 Å². The third-order valence-electron chi connectivity index (χ3n) is 2.94. The number of aromatic nitrogens is 4. The van der Waals surface area contributed by atoms with Crippen LogP contribution in [0.3, 0.4) is 0 Å². The van der Waals surface area contributed by atoms with E-state index in [1.165, 1.54) is 0 Å². The van der Waals surface area contributed by atoms with Crippen LogP contribution >= 0.6 is 0 Å². The Morgan fingerprint density at radius 3 is 2.81 bits per heavy atom. The molecule has 0 amide bonds. The van der Waals surface area contributed by atoms with E-state index in [0.29, 0.717) is 25.0 Å². The fourth-order valence-electron chi connectivity index (χ4n) is 2.03. The molecule has 21 heavy (non-hydrogen) atoms. The minimum atomic E-state index is 0.202. The number of nitrogens with two attached hydrogens (primary N) is 1. The Morgan fingerprint density at radius 1 is 1.14 bits per heavy atom. The van der Waals surface area contributed by atoms with Crippen molar-refractivity contribution in [2.45, 2.75) is 0 Å². The number of nitrogens with zero attached hydrogens (tertiary/aromatic N) is 4. The Kier molecular flexibility index (Phi) is 3.65. The van der Waals surface area contributed by atoms with Crippen LogP contribution in [-0.4, -0.2) is 39.8 Å². The first-order chi connectivity index (χ1) is 10.3. The summed E-state index contributed by atoms with van der Waals surface area (Å²) in [6, 6.07) is 9.93. The topological polar surface area (TPSA) is 88.1 Å². The van der Waals surface area contributed by atoms with Crippen molar-refractivity contribution in [2.75, 3.05) is 26.1 Å². The molecule has 0 saturated carbocycles. The number of benzene rings is 1. The zero-order chi connectivity index (χ0) is 14.7. The average molecular weight is 285 g/mol. The second-order valence-electron chi connectivity index (χ2n) is 4.33. The zero-order valence-electron chi connectivity index (χ0n) is 11.6. The summed E-state index contributed by atoms with van der Waals surface area (Å²) in [7, 11) is 1.62. The second-order valence-corrected chi connectivity index (χ2v) is 4.33. The van der Waals surface area contributed by atoms with Gasteiger partial charge in [0.1, 0.15) is 12.4 Å². The molecule has 108 valence electrons. The van der Waals surface area contributed by atoms with Crippen LogP contribution in [0.2, 0.25) is 0 Å². The van der Waals surface area contributed by atoms with E-state index < -0.39 is 0 Å². The maximum absolute atomic E-state index is 5.68. The molecule has 0 spiro atoms. The van der Waals surface area contributed by atoms with Gasteiger partial charge in [0.25, 0.3) is 0 Å². The maximum Gasteiger partial charge on any atom is 0.303 e. The molecule has 1 aromatic carbocycles. The fraction of sp³-hybridized carbons (Fsp3) is 0.214. The molecule has 0 atom stereocenters. The predicted octanol–water partition coefficient (Wildman–Crippen LogP) is 1.42. The predicted molar refractivity (Wildman–Crippen MR) is 78.4 cm³/mol. The van der Waals surface area contributed by atoms with E-state index in [1.54, 1.807) is 19.4 Å². The van der Waals surface area contributed by atoms with E-state index in [-0.39, 0.29) is 5.95 Å². The molecular formula is C14H15N5O2. The third kappa shape index (κ3) is 2.63. The minimum Gasteiger partial charge on any atom is -0.462 e. The smallest absolute Gasteiger partial charge is 0.303 e. The molecule has 0 aliphatic rings. The van der Waals surface area contributed by atoms with Crippen molar-refractivity contribution in [3.63, 3.8) is 0 Å². The highest BCUT2D eigenvalue weighted by atomic mass is 16.5. The molecule has 0 saturated heterocycles. The molecule has 3 aromatic rings. The van der Waals surface area contributed by atoms with Gasteiger partial charge in [-0.25, -0.2) is 9.55 Å². The number of nitrogen functional groups attached to an aromatic ring is 1. The summed E-state index contributed by atoms with van der Waals surface area (Å²) >= 11 is 0. The zero-order valence-corrected chi connectivity index (χ0v) is 11.6. The third-order valence-corrected chi connectivity index (χ3v) is 2.94.